The quantitative estimate of drug-likeness (QED) is 0.676. The van der Waals surface area contributed by atoms with Gasteiger partial charge < -0.3 is 0 Å². The minimum Gasteiger partial charge on any atom is -0.0842 e. The highest BCUT2D eigenvalue weighted by Crippen LogP contribution is 2.34. The normalized spacial score (nSPS) is 15.1. The average molecular weight is 198 g/mol. The predicted molar refractivity (Wildman–Crippen MR) is 66.8 cm³/mol. The molecule has 15 heavy (non-hydrogen) atoms. The van der Waals surface area contributed by atoms with Gasteiger partial charge in [-0.25, -0.2) is 0 Å². The van der Waals surface area contributed by atoms with Crippen LogP contribution >= 0.6 is 0 Å². The molecule has 0 aromatic heterocycles. The van der Waals surface area contributed by atoms with Gasteiger partial charge in [-0.1, -0.05) is 55.8 Å². The summed E-state index contributed by atoms with van der Waals surface area (Å²) < 4.78 is 0. The predicted octanol–water partition coefficient (Wildman–Crippen LogP) is 4.37. The second-order valence-corrected chi connectivity index (χ2v) is 4.02. The van der Waals surface area contributed by atoms with Crippen molar-refractivity contribution in [1.29, 1.82) is 0 Å². The first-order valence-electron chi connectivity index (χ1n) is 5.83. The molecule has 0 amide bonds. The molecule has 1 aliphatic rings. The summed E-state index contributed by atoms with van der Waals surface area (Å²) in [6.07, 6.45) is 7.98. The minimum atomic E-state index is 1.11. The molecule has 1 aliphatic carbocycles. The van der Waals surface area contributed by atoms with Gasteiger partial charge in [-0.15, -0.1) is 0 Å². The van der Waals surface area contributed by atoms with E-state index >= 15 is 0 Å². The Morgan fingerprint density at radius 3 is 2.73 bits per heavy atom. The van der Waals surface area contributed by atoms with E-state index in [0.717, 1.165) is 19.3 Å². The molecule has 0 N–H and O–H groups in total. The number of allylic oxidation sites excluding steroid dienone is 4. The first-order valence-corrected chi connectivity index (χ1v) is 5.83. The molecule has 2 rings (SSSR count). The molecule has 0 heteroatoms. The van der Waals surface area contributed by atoms with E-state index < -0.39 is 0 Å². The van der Waals surface area contributed by atoms with Gasteiger partial charge in [0.05, 0.1) is 0 Å². The Bertz CT molecular complexity index is 408. The highest BCUT2D eigenvalue weighted by atomic mass is 14.2. The van der Waals surface area contributed by atoms with Crippen LogP contribution in [-0.4, -0.2) is 0 Å². The second-order valence-electron chi connectivity index (χ2n) is 4.02. The van der Waals surface area contributed by atoms with E-state index in [9.17, 15) is 0 Å². The van der Waals surface area contributed by atoms with E-state index in [1.54, 1.807) is 5.57 Å². The van der Waals surface area contributed by atoms with Crippen LogP contribution in [0.4, 0.5) is 0 Å². The lowest BCUT2D eigenvalue weighted by Crippen LogP contribution is -1.81. The zero-order valence-electron chi connectivity index (χ0n) is 9.59. The monoisotopic (exact) mass is 198 g/mol. The van der Waals surface area contributed by atoms with Crippen molar-refractivity contribution in [2.45, 2.75) is 33.1 Å². The topological polar surface area (TPSA) is 0 Å². The molecule has 0 fully saturated rings. The van der Waals surface area contributed by atoms with Gasteiger partial charge in [-0.2, -0.15) is 0 Å². The second kappa shape index (κ2) is 4.48. The Balaban J connectivity index is 2.42. The van der Waals surface area contributed by atoms with Gasteiger partial charge in [-0.05, 0) is 36.0 Å². The fourth-order valence-electron chi connectivity index (χ4n) is 2.21. The molecule has 0 saturated heterocycles. The average Bonchev–Trinajstić information content (AvgIpc) is 2.64. The summed E-state index contributed by atoms with van der Waals surface area (Å²) in [5.41, 5.74) is 5.99. The van der Waals surface area contributed by atoms with Crippen molar-refractivity contribution >= 4 is 5.57 Å². The maximum absolute atomic E-state index is 2.30. The molecule has 0 spiro atoms. The maximum Gasteiger partial charge on any atom is -0.00518 e. The maximum atomic E-state index is 2.30. The third-order valence-corrected chi connectivity index (χ3v) is 3.04. The summed E-state index contributed by atoms with van der Waals surface area (Å²) in [7, 11) is 0. The molecule has 0 radical (unpaired) electrons. The minimum absolute atomic E-state index is 1.11. The third-order valence-electron chi connectivity index (χ3n) is 3.04. The van der Waals surface area contributed by atoms with E-state index in [1.165, 1.54) is 16.7 Å². The first kappa shape index (κ1) is 10.2. The number of rotatable bonds is 3. The van der Waals surface area contributed by atoms with Crippen molar-refractivity contribution in [3.8, 4) is 0 Å². The van der Waals surface area contributed by atoms with Crippen LogP contribution in [0.15, 0.2) is 42.0 Å². The van der Waals surface area contributed by atoms with Crippen LogP contribution in [0, 0.1) is 0 Å². The molecular formula is C15H18. The van der Waals surface area contributed by atoms with Gasteiger partial charge in [0.2, 0.25) is 0 Å². The van der Waals surface area contributed by atoms with Crippen molar-refractivity contribution in [2.75, 3.05) is 0 Å². The molecule has 1 aromatic rings. The smallest absolute Gasteiger partial charge is 0.00518 e. The number of benzene rings is 1. The first-order chi connectivity index (χ1) is 7.36. The van der Waals surface area contributed by atoms with Gasteiger partial charge >= 0.3 is 0 Å². The molecule has 0 bridgehead atoms. The lowest BCUT2D eigenvalue weighted by molar-refractivity contribution is 1.04. The molecule has 0 unspecified atom stereocenters. The Labute approximate surface area is 92.3 Å². The van der Waals surface area contributed by atoms with Crippen LogP contribution in [-0.2, 0) is 6.42 Å². The van der Waals surface area contributed by atoms with Gasteiger partial charge in [-0.3, -0.25) is 0 Å². The van der Waals surface area contributed by atoms with Crippen molar-refractivity contribution in [3.05, 3.63) is 53.1 Å². The molecular weight excluding hydrogens is 180 g/mol. The Kier molecular flexibility index (Phi) is 3.05. The molecule has 0 saturated carbocycles. The van der Waals surface area contributed by atoms with Crippen molar-refractivity contribution in [2.24, 2.45) is 0 Å². The summed E-state index contributed by atoms with van der Waals surface area (Å²) in [4.78, 5) is 0. The number of hydrogen-bond donors (Lipinski definition) is 0. The molecule has 0 heterocycles. The van der Waals surface area contributed by atoms with Crippen molar-refractivity contribution in [1.82, 2.24) is 0 Å². The van der Waals surface area contributed by atoms with Crippen LogP contribution in [0.3, 0.4) is 0 Å². The van der Waals surface area contributed by atoms with Crippen LogP contribution in [0.25, 0.3) is 5.57 Å². The van der Waals surface area contributed by atoms with Crippen LogP contribution < -0.4 is 0 Å². The summed E-state index contributed by atoms with van der Waals surface area (Å²) in [5, 5.41) is 0. The van der Waals surface area contributed by atoms with Gasteiger partial charge in [0, 0.05) is 0 Å². The van der Waals surface area contributed by atoms with E-state index in [0.29, 0.717) is 0 Å². The summed E-state index contributed by atoms with van der Waals surface area (Å²) in [6, 6.07) is 8.76. The summed E-state index contributed by atoms with van der Waals surface area (Å²) in [6.45, 7) is 4.44. The van der Waals surface area contributed by atoms with Crippen LogP contribution in [0.5, 0.6) is 0 Å². The molecule has 78 valence electrons. The fourth-order valence-corrected chi connectivity index (χ4v) is 2.21. The highest BCUT2D eigenvalue weighted by Gasteiger charge is 2.17. The zero-order chi connectivity index (χ0) is 10.7. The SMILES string of the molecule is CC/C=C\C1=C(CC)Cc2ccccc21. The van der Waals surface area contributed by atoms with Gasteiger partial charge in [0.15, 0.2) is 0 Å². The van der Waals surface area contributed by atoms with Gasteiger partial charge in [0.25, 0.3) is 0 Å². The molecule has 0 nitrogen and oxygen atoms in total. The van der Waals surface area contributed by atoms with E-state index in [2.05, 4.69) is 50.3 Å². The van der Waals surface area contributed by atoms with Crippen LogP contribution in [0.1, 0.15) is 37.8 Å². The molecule has 1 aromatic carbocycles. The van der Waals surface area contributed by atoms with E-state index in [4.69, 9.17) is 0 Å². The lowest BCUT2D eigenvalue weighted by Gasteiger charge is -2.01. The van der Waals surface area contributed by atoms with E-state index in [1.807, 2.05) is 0 Å². The zero-order valence-corrected chi connectivity index (χ0v) is 9.59. The highest BCUT2D eigenvalue weighted by molar-refractivity contribution is 5.82. The Hall–Kier alpha value is -1.30. The number of hydrogen-bond acceptors (Lipinski definition) is 0. The fraction of sp³-hybridized carbons (Fsp3) is 0.333. The summed E-state index contributed by atoms with van der Waals surface area (Å²) in [5.74, 6) is 0. The summed E-state index contributed by atoms with van der Waals surface area (Å²) >= 11 is 0. The molecule has 0 atom stereocenters. The standard InChI is InChI=1S/C15H18/c1-3-5-9-14-12(4-2)11-13-8-6-7-10-15(13)14/h5-10H,3-4,11H2,1-2H3/b9-5-. The third kappa shape index (κ3) is 1.90. The van der Waals surface area contributed by atoms with Crippen molar-refractivity contribution in [3.63, 3.8) is 0 Å². The Morgan fingerprint density at radius 1 is 1.20 bits per heavy atom. The Morgan fingerprint density at radius 2 is 2.00 bits per heavy atom. The van der Waals surface area contributed by atoms with E-state index in [-0.39, 0.29) is 0 Å². The number of fused-ring (bicyclic) bond motifs is 1. The lowest BCUT2D eigenvalue weighted by atomic mass is 10.0. The van der Waals surface area contributed by atoms with Crippen molar-refractivity contribution < 1.29 is 0 Å². The van der Waals surface area contributed by atoms with Gasteiger partial charge in [0.1, 0.15) is 0 Å². The van der Waals surface area contributed by atoms with Crippen LogP contribution in [0.2, 0.25) is 0 Å². The largest absolute Gasteiger partial charge is 0.0842 e. The molecule has 0 aliphatic heterocycles.